The third-order valence-corrected chi connectivity index (χ3v) is 3.84. The summed E-state index contributed by atoms with van der Waals surface area (Å²) in [5.74, 6) is -0.232. The fraction of sp³-hybridized carbons (Fsp3) is 0.333. The molecule has 1 aromatic heterocycles. The van der Waals surface area contributed by atoms with Gasteiger partial charge in [-0.1, -0.05) is 37.3 Å². The number of aliphatic hydroxyl groups is 1. The molecule has 0 aliphatic heterocycles. The van der Waals surface area contributed by atoms with E-state index < -0.39 is 5.60 Å². The number of H-pyrrole nitrogens is 1. The van der Waals surface area contributed by atoms with Crippen LogP contribution in [-0.2, 0) is 6.54 Å². The van der Waals surface area contributed by atoms with Crippen molar-refractivity contribution in [1.82, 2.24) is 9.88 Å². The normalized spacial score (nSPS) is 13.1. The minimum Gasteiger partial charge on any atom is -0.388 e. The average Bonchev–Trinajstić information content (AvgIpc) is 3.03. The molecule has 2 aromatic rings. The van der Waals surface area contributed by atoms with Crippen molar-refractivity contribution < 1.29 is 9.90 Å². The first-order valence-corrected chi connectivity index (χ1v) is 7.59. The summed E-state index contributed by atoms with van der Waals surface area (Å²) in [6.45, 7) is 4.22. The molecule has 1 unspecified atom stereocenters. The van der Waals surface area contributed by atoms with Crippen molar-refractivity contribution in [2.45, 2.75) is 32.4 Å². The molecule has 0 saturated carbocycles. The van der Waals surface area contributed by atoms with E-state index in [9.17, 15) is 9.90 Å². The van der Waals surface area contributed by atoms with Crippen LogP contribution in [0.1, 0.15) is 41.9 Å². The summed E-state index contributed by atoms with van der Waals surface area (Å²) in [5.41, 5.74) is 0.786. The highest BCUT2D eigenvalue weighted by Gasteiger charge is 2.26. The number of nitrogens with zero attached hydrogens (tertiary/aromatic N) is 2. The number of hydrogen-bond donors (Lipinski definition) is 2. The second-order valence-electron chi connectivity index (χ2n) is 5.91. The Balaban J connectivity index is 2.25. The molecule has 5 heteroatoms. The number of aromatic amines is 1. The highest BCUT2D eigenvalue weighted by Crippen LogP contribution is 2.17. The van der Waals surface area contributed by atoms with Crippen molar-refractivity contribution in [1.29, 1.82) is 5.26 Å². The molecule has 1 heterocycles. The zero-order valence-corrected chi connectivity index (χ0v) is 13.4. The zero-order valence-electron chi connectivity index (χ0n) is 13.4. The third kappa shape index (κ3) is 4.44. The monoisotopic (exact) mass is 311 g/mol. The van der Waals surface area contributed by atoms with Gasteiger partial charge in [0, 0.05) is 19.3 Å². The highest BCUT2D eigenvalue weighted by atomic mass is 16.3. The molecule has 23 heavy (non-hydrogen) atoms. The Morgan fingerprint density at radius 2 is 2.09 bits per heavy atom. The van der Waals surface area contributed by atoms with Gasteiger partial charge in [-0.25, -0.2) is 0 Å². The van der Waals surface area contributed by atoms with E-state index in [1.807, 2.05) is 43.3 Å². The number of aromatic nitrogens is 1. The van der Waals surface area contributed by atoms with Crippen molar-refractivity contribution in [2.24, 2.45) is 0 Å². The number of benzene rings is 1. The smallest absolute Gasteiger partial charge is 0.270 e. The molecular weight excluding hydrogens is 290 g/mol. The Kier molecular flexibility index (Phi) is 5.20. The molecule has 0 spiro atoms. The lowest BCUT2D eigenvalue weighted by Crippen LogP contribution is -2.43. The molecule has 120 valence electrons. The van der Waals surface area contributed by atoms with Crippen LogP contribution in [-0.4, -0.2) is 33.0 Å². The fourth-order valence-electron chi connectivity index (χ4n) is 2.28. The highest BCUT2D eigenvalue weighted by molar-refractivity contribution is 5.92. The van der Waals surface area contributed by atoms with Crippen molar-refractivity contribution in [3.05, 3.63) is 59.4 Å². The maximum atomic E-state index is 12.7. The maximum Gasteiger partial charge on any atom is 0.270 e. The molecule has 0 aliphatic carbocycles. The van der Waals surface area contributed by atoms with Crippen LogP contribution in [0.25, 0.3) is 0 Å². The standard InChI is InChI=1S/C18H21N3O2/c1-3-18(2,23)13-21(12-14-7-5-4-6-8-14)17(22)16-9-15(10-19)11-20-16/h4-9,11,20,23H,3,12-13H2,1-2H3. The van der Waals surface area contributed by atoms with Gasteiger partial charge in [-0.15, -0.1) is 0 Å². The Labute approximate surface area is 136 Å². The van der Waals surface area contributed by atoms with E-state index >= 15 is 0 Å². The molecule has 0 fully saturated rings. The van der Waals surface area contributed by atoms with Gasteiger partial charge < -0.3 is 15.0 Å². The van der Waals surface area contributed by atoms with Crippen LogP contribution in [0.5, 0.6) is 0 Å². The van der Waals surface area contributed by atoms with Crippen LogP contribution >= 0.6 is 0 Å². The summed E-state index contributed by atoms with van der Waals surface area (Å²) in [5, 5.41) is 19.3. The number of carbonyl (C=O) groups is 1. The minimum atomic E-state index is -0.963. The van der Waals surface area contributed by atoms with Crippen molar-refractivity contribution in [3.8, 4) is 6.07 Å². The molecule has 5 nitrogen and oxygen atoms in total. The van der Waals surface area contributed by atoms with Crippen LogP contribution in [0.15, 0.2) is 42.6 Å². The number of nitriles is 1. The van der Waals surface area contributed by atoms with Crippen LogP contribution < -0.4 is 0 Å². The minimum absolute atomic E-state index is 0.220. The molecule has 2 N–H and O–H groups in total. The van der Waals surface area contributed by atoms with Gasteiger partial charge in [0.25, 0.3) is 5.91 Å². The van der Waals surface area contributed by atoms with Crippen LogP contribution in [0.4, 0.5) is 0 Å². The molecule has 1 aromatic carbocycles. The average molecular weight is 311 g/mol. The molecular formula is C18H21N3O2. The number of carbonyl (C=O) groups excluding carboxylic acids is 1. The number of amides is 1. The summed E-state index contributed by atoms with van der Waals surface area (Å²) in [7, 11) is 0. The first-order valence-electron chi connectivity index (χ1n) is 7.59. The van der Waals surface area contributed by atoms with Crippen molar-refractivity contribution >= 4 is 5.91 Å². The Hall–Kier alpha value is -2.58. The van der Waals surface area contributed by atoms with E-state index in [1.165, 1.54) is 12.3 Å². The van der Waals surface area contributed by atoms with E-state index in [1.54, 1.807) is 11.8 Å². The van der Waals surface area contributed by atoms with Gasteiger partial charge in [-0.3, -0.25) is 4.79 Å². The van der Waals surface area contributed by atoms with Gasteiger partial charge in [0.15, 0.2) is 0 Å². The van der Waals surface area contributed by atoms with E-state index in [4.69, 9.17) is 5.26 Å². The third-order valence-electron chi connectivity index (χ3n) is 3.84. The summed E-state index contributed by atoms with van der Waals surface area (Å²) >= 11 is 0. The Morgan fingerprint density at radius 1 is 1.39 bits per heavy atom. The second-order valence-corrected chi connectivity index (χ2v) is 5.91. The summed E-state index contributed by atoms with van der Waals surface area (Å²) in [6.07, 6.45) is 2.05. The molecule has 2 rings (SSSR count). The zero-order chi connectivity index (χ0) is 16.9. The Bertz CT molecular complexity index is 699. The molecule has 1 atom stereocenters. The van der Waals surface area contributed by atoms with E-state index in [0.29, 0.717) is 24.2 Å². The van der Waals surface area contributed by atoms with Crippen LogP contribution in [0.3, 0.4) is 0 Å². The molecule has 0 aliphatic rings. The quantitative estimate of drug-likeness (QED) is 0.860. The summed E-state index contributed by atoms with van der Waals surface area (Å²) in [4.78, 5) is 17.2. The SMILES string of the molecule is CCC(C)(O)CN(Cc1ccccc1)C(=O)c1cc(C#N)c[nH]1. The number of nitrogens with one attached hydrogen (secondary N) is 1. The van der Waals surface area contributed by atoms with E-state index in [-0.39, 0.29) is 12.5 Å². The summed E-state index contributed by atoms with van der Waals surface area (Å²) < 4.78 is 0. The molecule has 1 amide bonds. The predicted molar refractivity (Wildman–Crippen MR) is 87.6 cm³/mol. The lowest BCUT2D eigenvalue weighted by molar-refractivity contribution is 0.0133. The van der Waals surface area contributed by atoms with Crippen LogP contribution in [0.2, 0.25) is 0 Å². The number of rotatable bonds is 6. The van der Waals surface area contributed by atoms with Crippen molar-refractivity contribution in [2.75, 3.05) is 6.54 Å². The number of hydrogen-bond acceptors (Lipinski definition) is 3. The molecule has 0 radical (unpaired) electrons. The Morgan fingerprint density at radius 3 is 2.65 bits per heavy atom. The van der Waals surface area contributed by atoms with Gasteiger partial charge in [-0.2, -0.15) is 5.26 Å². The van der Waals surface area contributed by atoms with Gasteiger partial charge in [0.1, 0.15) is 11.8 Å². The molecule has 0 bridgehead atoms. The van der Waals surface area contributed by atoms with E-state index in [2.05, 4.69) is 4.98 Å². The summed E-state index contributed by atoms with van der Waals surface area (Å²) in [6, 6.07) is 13.2. The molecule has 0 saturated heterocycles. The lowest BCUT2D eigenvalue weighted by Gasteiger charge is -2.31. The van der Waals surface area contributed by atoms with Gasteiger partial charge >= 0.3 is 0 Å². The largest absolute Gasteiger partial charge is 0.388 e. The van der Waals surface area contributed by atoms with Gasteiger partial charge in [0.05, 0.1) is 11.2 Å². The first kappa shape index (κ1) is 16.8. The second kappa shape index (κ2) is 7.12. The van der Waals surface area contributed by atoms with Gasteiger partial charge in [0.2, 0.25) is 0 Å². The maximum absolute atomic E-state index is 12.7. The lowest BCUT2D eigenvalue weighted by atomic mass is 10.0. The van der Waals surface area contributed by atoms with E-state index in [0.717, 1.165) is 5.56 Å². The topological polar surface area (TPSA) is 80.1 Å². The fourth-order valence-corrected chi connectivity index (χ4v) is 2.28. The van der Waals surface area contributed by atoms with Crippen molar-refractivity contribution in [3.63, 3.8) is 0 Å². The predicted octanol–water partition coefficient (Wildman–Crippen LogP) is 2.69. The first-order chi connectivity index (χ1) is 10.9. The van der Waals surface area contributed by atoms with Gasteiger partial charge in [-0.05, 0) is 25.0 Å². The van der Waals surface area contributed by atoms with Crippen LogP contribution in [0, 0.1) is 11.3 Å².